The molecule has 0 atom stereocenters. The van der Waals surface area contributed by atoms with E-state index in [1.165, 1.54) is 12.4 Å². The number of aromatic nitrogens is 2. The van der Waals surface area contributed by atoms with E-state index in [1.807, 2.05) is 30.3 Å². The van der Waals surface area contributed by atoms with E-state index in [9.17, 15) is 9.59 Å². The first kappa shape index (κ1) is 15.3. The molecule has 0 bridgehead atoms. The predicted octanol–water partition coefficient (Wildman–Crippen LogP) is 2.58. The standard InChI is InChI=1S/C19H16N4O2/c24-18(13-7-9-20-10-8-13)22-23-19(25)15-11-17(12-5-6-12)21-16-4-2-1-3-14(15)16/h1-4,7-12H,5-6H2,(H,22,24)(H,23,25). The Hall–Kier alpha value is -3.28. The highest BCUT2D eigenvalue weighted by Crippen LogP contribution is 2.40. The van der Waals surface area contributed by atoms with Gasteiger partial charge in [0.25, 0.3) is 11.8 Å². The number of amides is 2. The molecule has 124 valence electrons. The van der Waals surface area contributed by atoms with Crippen LogP contribution in [-0.2, 0) is 0 Å². The summed E-state index contributed by atoms with van der Waals surface area (Å²) >= 11 is 0. The van der Waals surface area contributed by atoms with Crippen molar-refractivity contribution in [1.29, 1.82) is 0 Å². The summed E-state index contributed by atoms with van der Waals surface area (Å²) in [6.45, 7) is 0. The number of benzene rings is 1. The van der Waals surface area contributed by atoms with Gasteiger partial charge in [0, 0.05) is 35.0 Å². The van der Waals surface area contributed by atoms with Crippen LogP contribution in [-0.4, -0.2) is 21.8 Å². The van der Waals surface area contributed by atoms with Crippen molar-refractivity contribution in [2.24, 2.45) is 0 Å². The minimum Gasteiger partial charge on any atom is -0.267 e. The fourth-order valence-electron chi connectivity index (χ4n) is 2.73. The Morgan fingerprint density at radius 3 is 2.44 bits per heavy atom. The van der Waals surface area contributed by atoms with Crippen LogP contribution in [0, 0.1) is 0 Å². The van der Waals surface area contributed by atoms with Crippen molar-refractivity contribution in [1.82, 2.24) is 20.8 Å². The molecule has 3 aromatic rings. The third kappa shape index (κ3) is 3.19. The monoisotopic (exact) mass is 332 g/mol. The molecule has 2 heterocycles. The van der Waals surface area contributed by atoms with Crippen LogP contribution >= 0.6 is 0 Å². The van der Waals surface area contributed by atoms with Crippen LogP contribution in [0.5, 0.6) is 0 Å². The van der Waals surface area contributed by atoms with Gasteiger partial charge in [-0.2, -0.15) is 0 Å². The number of para-hydroxylation sites is 1. The molecule has 1 aromatic carbocycles. The summed E-state index contributed by atoms with van der Waals surface area (Å²) in [7, 11) is 0. The Balaban J connectivity index is 1.58. The lowest BCUT2D eigenvalue weighted by Gasteiger charge is -2.11. The van der Waals surface area contributed by atoms with Crippen LogP contribution < -0.4 is 10.9 Å². The Bertz CT molecular complexity index is 952. The lowest BCUT2D eigenvalue weighted by atomic mass is 10.1. The van der Waals surface area contributed by atoms with Crippen molar-refractivity contribution in [3.63, 3.8) is 0 Å². The van der Waals surface area contributed by atoms with Gasteiger partial charge in [0.1, 0.15) is 0 Å². The van der Waals surface area contributed by atoms with Gasteiger partial charge in [0.2, 0.25) is 0 Å². The number of fused-ring (bicyclic) bond motifs is 1. The number of hydrogen-bond acceptors (Lipinski definition) is 4. The van der Waals surface area contributed by atoms with E-state index in [4.69, 9.17) is 0 Å². The van der Waals surface area contributed by atoms with Crippen molar-refractivity contribution in [3.05, 3.63) is 71.7 Å². The SMILES string of the molecule is O=C(NNC(=O)c1cc(C2CC2)nc2ccccc12)c1ccncc1. The molecule has 25 heavy (non-hydrogen) atoms. The minimum absolute atomic E-state index is 0.358. The third-order valence-electron chi connectivity index (χ3n) is 4.21. The van der Waals surface area contributed by atoms with Gasteiger partial charge in [0.15, 0.2) is 0 Å². The molecule has 0 unspecified atom stereocenters. The summed E-state index contributed by atoms with van der Waals surface area (Å²) < 4.78 is 0. The number of hydrogen-bond donors (Lipinski definition) is 2. The zero-order valence-corrected chi connectivity index (χ0v) is 13.4. The average molecular weight is 332 g/mol. The molecule has 1 aliphatic carbocycles. The second-order valence-corrected chi connectivity index (χ2v) is 6.03. The Morgan fingerprint density at radius 1 is 0.960 bits per heavy atom. The van der Waals surface area contributed by atoms with Crippen molar-refractivity contribution < 1.29 is 9.59 Å². The van der Waals surface area contributed by atoms with E-state index >= 15 is 0 Å². The first-order chi connectivity index (χ1) is 12.2. The van der Waals surface area contributed by atoms with Gasteiger partial charge in [-0.1, -0.05) is 18.2 Å². The van der Waals surface area contributed by atoms with Crippen LogP contribution in [0.3, 0.4) is 0 Å². The summed E-state index contributed by atoms with van der Waals surface area (Å²) in [5.74, 6) is -0.318. The first-order valence-electron chi connectivity index (χ1n) is 8.13. The smallest absolute Gasteiger partial charge is 0.267 e. The number of nitrogens with one attached hydrogen (secondary N) is 2. The fourth-order valence-corrected chi connectivity index (χ4v) is 2.73. The quantitative estimate of drug-likeness (QED) is 0.722. The van der Waals surface area contributed by atoms with Gasteiger partial charge in [-0.15, -0.1) is 0 Å². The van der Waals surface area contributed by atoms with E-state index < -0.39 is 5.91 Å². The molecule has 6 heteroatoms. The third-order valence-corrected chi connectivity index (χ3v) is 4.21. The Kier molecular flexibility index (Phi) is 3.85. The van der Waals surface area contributed by atoms with E-state index in [2.05, 4.69) is 20.8 Å². The number of pyridine rings is 2. The second kappa shape index (κ2) is 6.32. The molecule has 1 aliphatic rings. The molecule has 2 amide bonds. The van der Waals surface area contributed by atoms with Crippen LogP contribution in [0.1, 0.15) is 45.2 Å². The zero-order valence-electron chi connectivity index (χ0n) is 13.4. The molecule has 2 N–H and O–H groups in total. The lowest BCUT2D eigenvalue weighted by Crippen LogP contribution is -2.41. The molecular weight excluding hydrogens is 316 g/mol. The van der Waals surface area contributed by atoms with Crippen LogP contribution in [0.25, 0.3) is 10.9 Å². The molecular formula is C19H16N4O2. The maximum Gasteiger partial charge on any atom is 0.270 e. The van der Waals surface area contributed by atoms with Gasteiger partial charge >= 0.3 is 0 Å². The highest BCUT2D eigenvalue weighted by atomic mass is 16.2. The van der Waals surface area contributed by atoms with Crippen molar-refractivity contribution in [2.75, 3.05) is 0 Å². The zero-order chi connectivity index (χ0) is 17.2. The summed E-state index contributed by atoms with van der Waals surface area (Å²) in [5, 5.41) is 0.766. The molecule has 6 nitrogen and oxygen atoms in total. The molecule has 0 spiro atoms. The number of carbonyl (C=O) groups excluding carboxylic acids is 2. The number of nitrogens with zero attached hydrogens (tertiary/aromatic N) is 2. The molecule has 4 rings (SSSR count). The maximum absolute atomic E-state index is 12.6. The maximum atomic E-state index is 12.6. The number of rotatable bonds is 3. The number of carbonyl (C=O) groups is 2. The highest BCUT2D eigenvalue weighted by molar-refractivity contribution is 6.07. The second-order valence-electron chi connectivity index (χ2n) is 6.03. The van der Waals surface area contributed by atoms with Crippen molar-refractivity contribution in [3.8, 4) is 0 Å². The molecule has 0 saturated heterocycles. The average Bonchev–Trinajstić information content (AvgIpc) is 3.51. The van der Waals surface area contributed by atoms with Gasteiger partial charge in [-0.25, -0.2) is 0 Å². The van der Waals surface area contributed by atoms with E-state index in [0.717, 1.165) is 29.4 Å². The van der Waals surface area contributed by atoms with E-state index in [-0.39, 0.29) is 5.91 Å². The summed E-state index contributed by atoms with van der Waals surface area (Å²) in [6, 6.07) is 12.5. The van der Waals surface area contributed by atoms with Crippen LogP contribution in [0.2, 0.25) is 0 Å². The molecule has 0 radical (unpaired) electrons. The van der Waals surface area contributed by atoms with E-state index in [1.54, 1.807) is 12.1 Å². The predicted molar refractivity (Wildman–Crippen MR) is 92.9 cm³/mol. The Labute approximate surface area is 144 Å². The summed E-state index contributed by atoms with van der Waals surface area (Å²) in [4.78, 5) is 33.2. The lowest BCUT2D eigenvalue weighted by molar-refractivity contribution is 0.0847. The van der Waals surface area contributed by atoms with Gasteiger partial charge in [0.05, 0.1) is 11.1 Å². The number of hydrazine groups is 1. The molecule has 1 fully saturated rings. The van der Waals surface area contributed by atoms with Crippen molar-refractivity contribution >= 4 is 22.7 Å². The minimum atomic E-state index is -0.392. The topological polar surface area (TPSA) is 84.0 Å². The Morgan fingerprint density at radius 2 is 1.68 bits per heavy atom. The fraction of sp³-hybridized carbons (Fsp3) is 0.158. The molecule has 2 aromatic heterocycles. The highest BCUT2D eigenvalue weighted by Gasteiger charge is 2.27. The van der Waals surface area contributed by atoms with Crippen molar-refractivity contribution in [2.45, 2.75) is 18.8 Å². The summed E-state index contributed by atoms with van der Waals surface area (Å²) in [6.07, 6.45) is 5.25. The van der Waals surface area contributed by atoms with Gasteiger partial charge < -0.3 is 0 Å². The largest absolute Gasteiger partial charge is 0.270 e. The van der Waals surface area contributed by atoms with Gasteiger partial charge in [-0.05, 0) is 37.1 Å². The molecule has 1 saturated carbocycles. The molecule has 0 aliphatic heterocycles. The van der Waals surface area contributed by atoms with Gasteiger partial charge in [-0.3, -0.25) is 30.4 Å². The van der Waals surface area contributed by atoms with E-state index in [0.29, 0.717) is 17.0 Å². The van der Waals surface area contributed by atoms with Crippen LogP contribution in [0.4, 0.5) is 0 Å². The van der Waals surface area contributed by atoms with Crippen LogP contribution in [0.15, 0.2) is 54.9 Å². The first-order valence-corrected chi connectivity index (χ1v) is 8.13. The normalized spacial score (nSPS) is 13.4. The summed E-state index contributed by atoms with van der Waals surface area (Å²) in [5.41, 5.74) is 7.59.